The molecule has 1 aliphatic rings. The van der Waals surface area contributed by atoms with Crippen molar-refractivity contribution in [2.45, 2.75) is 19.4 Å². The summed E-state index contributed by atoms with van der Waals surface area (Å²) in [6, 6.07) is 2.01. The Kier molecular flexibility index (Phi) is 2.33. The Morgan fingerprint density at radius 2 is 2.54 bits per heavy atom. The molecule has 0 radical (unpaired) electrons. The highest BCUT2D eigenvalue weighted by molar-refractivity contribution is 7.12. The van der Waals surface area contributed by atoms with Gasteiger partial charge in [0.2, 0.25) is 0 Å². The Balaban J connectivity index is 2.20. The van der Waals surface area contributed by atoms with Crippen molar-refractivity contribution in [3.8, 4) is 0 Å². The van der Waals surface area contributed by atoms with Crippen LogP contribution in [0.15, 0.2) is 6.07 Å². The van der Waals surface area contributed by atoms with Crippen molar-refractivity contribution in [2.24, 2.45) is 0 Å². The van der Waals surface area contributed by atoms with Gasteiger partial charge in [-0.1, -0.05) is 0 Å². The molecule has 70 valence electrons. The van der Waals surface area contributed by atoms with Gasteiger partial charge in [-0.15, -0.1) is 11.3 Å². The molecule has 0 bridgehead atoms. The molecule has 0 saturated carbocycles. The van der Waals surface area contributed by atoms with E-state index in [-0.39, 0.29) is 6.42 Å². The minimum Gasteiger partial charge on any atom is -0.481 e. The van der Waals surface area contributed by atoms with Gasteiger partial charge in [-0.2, -0.15) is 0 Å². The standard InChI is InChI=1S/C9H11NO2S/c11-9(12)4-7-3-6-5-10-2-1-8(6)13-7/h3,10H,1-2,4-5H2,(H,11,12). The third-order valence-electron chi connectivity index (χ3n) is 2.12. The molecule has 0 spiro atoms. The Morgan fingerprint density at radius 1 is 1.69 bits per heavy atom. The summed E-state index contributed by atoms with van der Waals surface area (Å²) in [6.45, 7) is 1.91. The van der Waals surface area contributed by atoms with Crippen molar-refractivity contribution in [3.63, 3.8) is 0 Å². The number of thiophene rings is 1. The van der Waals surface area contributed by atoms with E-state index >= 15 is 0 Å². The van der Waals surface area contributed by atoms with Crippen molar-refractivity contribution < 1.29 is 9.90 Å². The highest BCUT2D eigenvalue weighted by Crippen LogP contribution is 2.25. The smallest absolute Gasteiger partial charge is 0.308 e. The third kappa shape index (κ3) is 1.89. The van der Waals surface area contributed by atoms with Gasteiger partial charge in [-0.05, 0) is 18.1 Å². The first-order valence-corrected chi connectivity index (χ1v) is 5.10. The van der Waals surface area contributed by atoms with Crippen molar-refractivity contribution >= 4 is 17.3 Å². The number of hydrogen-bond acceptors (Lipinski definition) is 3. The Hall–Kier alpha value is -0.870. The van der Waals surface area contributed by atoms with Gasteiger partial charge in [0.15, 0.2) is 0 Å². The average molecular weight is 197 g/mol. The van der Waals surface area contributed by atoms with Gasteiger partial charge in [0, 0.05) is 22.8 Å². The van der Waals surface area contributed by atoms with Crippen LogP contribution in [0.4, 0.5) is 0 Å². The van der Waals surface area contributed by atoms with E-state index in [4.69, 9.17) is 5.11 Å². The maximum absolute atomic E-state index is 10.5. The number of carbonyl (C=O) groups is 1. The van der Waals surface area contributed by atoms with Crippen LogP contribution < -0.4 is 5.32 Å². The molecule has 2 heterocycles. The van der Waals surface area contributed by atoms with Crippen LogP contribution in [0.5, 0.6) is 0 Å². The lowest BCUT2D eigenvalue weighted by atomic mass is 10.1. The van der Waals surface area contributed by atoms with Crippen LogP contribution in [0, 0.1) is 0 Å². The molecule has 0 fully saturated rings. The number of aliphatic carboxylic acids is 1. The largest absolute Gasteiger partial charge is 0.481 e. The number of nitrogens with one attached hydrogen (secondary N) is 1. The summed E-state index contributed by atoms with van der Waals surface area (Å²) in [7, 11) is 0. The number of carboxylic acid groups (broad SMARTS) is 1. The molecular weight excluding hydrogens is 186 g/mol. The first-order valence-electron chi connectivity index (χ1n) is 4.28. The first-order chi connectivity index (χ1) is 6.25. The van der Waals surface area contributed by atoms with Crippen molar-refractivity contribution in [3.05, 3.63) is 21.4 Å². The van der Waals surface area contributed by atoms with E-state index in [0.717, 1.165) is 24.4 Å². The van der Waals surface area contributed by atoms with Gasteiger partial charge >= 0.3 is 5.97 Å². The van der Waals surface area contributed by atoms with E-state index in [1.165, 1.54) is 10.4 Å². The number of hydrogen-bond donors (Lipinski definition) is 2. The second-order valence-electron chi connectivity index (χ2n) is 3.16. The monoisotopic (exact) mass is 197 g/mol. The van der Waals surface area contributed by atoms with E-state index < -0.39 is 5.97 Å². The highest BCUT2D eigenvalue weighted by atomic mass is 32.1. The van der Waals surface area contributed by atoms with Crippen LogP contribution in [-0.4, -0.2) is 17.6 Å². The first kappa shape index (κ1) is 8.72. The van der Waals surface area contributed by atoms with Gasteiger partial charge < -0.3 is 10.4 Å². The Bertz CT molecular complexity index is 309. The minimum absolute atomic E-state index is 0.164. The second kappa shape index (κ2) is 3.47. The summed E-state index contributed by atoms with van der Waals surface area (Å²) in [6.07, 6.45) is 1.21. The van der Waals surface area contributed by atoms with Crippen molar-refractivity contribution in [2.75, 3.05) is 6.54 Å². The number of fused-ring (bicyclic) bond motifs is 1. The van der Waals surface area contributed by atoms with Gasteiger partial charge in [0.1, 0.15) is 0 Å². The SMILES string of the molecule is O=C(O)Cc1cc2c(s1)CCNC2. The normalized spacial score (nSPS) is 15.4. The third-order valence-corrected chi connectivity index (χ3v) is 3.35. The molecule has 4 heteroatoms. The average Bonchev–Trinajstić information content (AvgIpc) is 2.44. The molecule has 0 aromatic carbocycles. The van der Waals surface area contributed by atoms with Crippen LogP contribution in [0.1, 0.15) is 15.3 Å². The molecule has 0 atom stereocenters. The van der Waals surface area contributed by atoms with E-state index in [2.05, 4.69) is 5.32 Å². The van der Waals surface area contributed by atoms with Gasteiger partial charge in [-0.3, -0.25) is 4.79 Å². The van der Waals surface area contributed by atoms with E-state index in [1.807, 2.05) is 6.07 Å². The maximum Gasteiger partial charge on any atom is 0.308 e. The molecule has 3 nitrogen and oxygen atoms in total. The zero-order valence-electron chi connectivity index (χ0n) is 7.17. The molecule has 2 rings (SSSR count). The summed E-state index contributed by atoms with van der Waals surface area (Å²) in [5, 5.41) is 11.9. The topological polar surface area (TPSA) is 49.3 Å². The lowest BCUT2D eigenvalue weighted by Crippen LogP contribution is -2.21. The van der Waals surface area contributed by atoms with E-state index in [1.54, 1.807) is 11.3 Å². The highest BCUT2D eigenvalue weighted by Gasteiger charge is 2.13. The second-order valence-corrected chi connectivity index (χ2v) is 4.38. The molecule has 0 saturated heterocycles. The zero-order chi connectivity index (χ0) is 9.26. The molecule has 2 N–H and O–H groups in total. The summed E-state index contributed by atoms with van der Waals surface area (Å²) in [5.41, 5.74) is 1.28. The van der Waals surface area contributed by atoms with Crippen LogP contribution in [-0.2, 0) is 24.2 Å². The molecule has 1 aromatic rings. The minimum atomic E-state index is -0.744. The Labute approximate surface area is 80.4 Å². The predicted molar refractivity (Wildman–Crippen MR) is 51.1 cm³/mol. The summed E-state index contributed by atoms with van der Waals surface area (Å²) in [5.74, 6) is -0.744. The van der Waals surface area contributed by atoms with E-state index in [0.29, 0.717) is 0 Å². The number of rotatable bonds is 2. The quantitative estimate of drug-likeness (QED) is 0.744. The predicted octanol–water partition coefficient (Wildman–Crippen LogP) is 1.02. The van der Waals surface area contributed by atoms with Crippen LogP contribution in [0.3, 0.4) is 0 Å². The molecule has 0 amide bonds. The fourth-order valence-electron chi connectivity index (χ4n) is 1.55. The van der Waals surface area contributed by atoms with Crippen LogP contribution in [0.25, 0.3) is 0 Å². The van der Waals surface area contributed by atoms with Gasteiger partial charge in [0.25, 0.3) is 0 Å². The lowest BCUT2D eigenvalue weighted by Gasteiger charge is -2.10. The summed E-state index contributed by atoms with van der Waals surface area (Å²) >= 11 is 1.64. The van der Waals surface area contributed by atoms with Gasteiger partial charge in [-0.25, -0.2) is 0 Å². The molecule has 0 unspecified atom stereocenters. The lowest BCUT2D eigenvalue weighted by molar-refractivity contribution is -0.136. The molecular formula is C9H11NO2S. The van der Waals surface area contributed by atoms with E-state index in [9.17, 15) is 4.79 Å². The molecule has 1 aliphatic heterocycles. The zero-order valence-corrected chi connectivity index (χ0v) is 7.99. The van der Waals surface area contributed by atoms with Crippen LogP contribution >= 0.6 is 11.3 Å². The molecule has 0 aliphatic carbocycles. The van der Waals surface area contributed by atoms with Crippen LogP contribution in [0.2, 0.25) is 0 Å². The van der Waals surface area contributed by atoms with Crippen molar-refractivity contribution in [1.29, 1.82) is 0 Å². The molecule has 13 heavy (non-hydrogen) atoms. The fraction of sp³-hybridized carbons (Fsp3) is 0.444. The van der Waals surface area contributed by atoms with Gasteiger partial charge in [0.05, 0.1) is 6.42 Å². The number of carboxylic acids is 1. The van der Waals surface area contributed by atoms with Crippen molar-refractivity contribution in [1.82, 2.24) is 5.32 Å². The molecule has 1 aromatic heterocycles. The maximum atomic E-state index is 10.5. The Morgan fingerprint density at radius 3 is 3.23 bits per heavy atom. The summed E-state index contributed by atoms with van der Waals surface area (Å²) in [4.78, 5) is 12.8. The summed E-state index contributed by atoms with van der Waals surface area (Å²) < 4.78 is 0. The fourth-order valence-corrected chi connectivity index (χ4v) is 2.73.